The fraction of sp³-hybridized carbons (Fsp3) is 0.818. The maximum absolute atomic E-state index is 10.8. The average Bonchev–Trinajstić information content (AvgIpc) is 2.10. The quantitative estimate of drug-likeness (QED) is 0.602. The Labute approximate surface area is 91.1 Å². The predicted octanol–water partition coefficient (Wildman–Crippen LogP) is 0.601. The van der Waals surface area contributed by atoms with Crippen LogP contribution < -0.4 is 10.4 Å². The summed E-state index contributed by atoms with van der Waals surface area (Å²) in [6.07, 6.45) is 4.95. The molecule has 0 saturated carbocycles. The van der Waals surface area contributed by atoms with Gasteiger partial charge in [0.25, 0.3) is 0 Å². The lowest BCUT2D eigenvalue weighted by Crippen LogP contribution is -2.38. The summed E-state index contributed by atoms with van der Waals surface area (Å²) in [5, 5.41) is 13.0. The largest absolute Gasteiger partial charge is 0.550 e. The number of aliphatic carboxylic acids is 1. The lowest BCUT2D eigenvalue weighted by molar-refractivity contribution is -0.306. The second-order valence-electron chi connectivity index (χ2n) is 3.82. The summed E-state index contributed by atoms with van der Waals surface area (Å²) in [4.78, 5) is 21.2. The van der Waals surface area contributed by atoms with Crippen LogP contribution in [0.25, 0.3) is 0 Å². The number of rotatable bonds is 8. The molecule has 15 heavy (non-hydrogen) atoms. The molecule has 1 atom stereocenters. The molecule has 4 heteroatoms. The molecule has 0 heterocycles. The van der Waals surface area contributed by atoms with Crippen LogP contribution in [0.4, 0.5) is 0 Å². The van der Waals surface area contributed by atoms with E-state index in [2.05, 4.69) is 12.2 Å². The molecule has 0 aliphatic carbocycles. The number of carbonyl (C=O) groups is 2. The van der Waals surface area contributed by atoms with E-state index in [0.717, 1.165) is 25.7 Å². The Hall–Kier alpha value is -1.06. The SMILES string of the molecule is CCCCCC[C@H](CC(=O)[O-])NC(C)=O. The van der Waals surface area contributed by atoms with E-state index < -0.39 is 5.97 Å². The highest BCUT2D eigenvalue weighted by Gasteiger charge is 2.09. The van der Waals surface area contributed by atoms with Gasteiger partial charge in [0.2, 0.25) is 5.91 Å². The molecule has 1 N–H and O–H groups in total. The minimum atomic E-state index is -1.11. The molecule has 88 valence electrons. The van der Waals surface area contributed by atoms with E-state index in [-0.39, 0.29) is 18.4 Å². The molecular weight excluding hydrogens is 194 g/mol. The molecule has 0 aromatic carbocycles. The zero-order valence-electron chi connectivity index (χ0n) is 9.54. The zero-order chi connectivity index (χ0) is 11.7. The van der Waals surface area contributed by atoms with Crippen LogP contribution in [0.3, 0.4) is 0 Å². The molecule has 0 aliphatic rings. The van der Waals surface area contributed by atoms with Crippen molar-refractivity contribution in [1.82, 2.24) is 5.32 Å². The summed E-state index contributed by atoms with van der Waals surface area (Å²) in [7, 11) is 0. The lowest BCUT2D eigenvalue weighted by Gasteiger charge is -2.18. The number of nitrogens with one attached hydrogen (secondary N) is 1. The summed E-state index contributed by atoms with van der Waals surface area (Å²) in [6.45, 7) is 3.51. The van der Waals surface area contributed by atoms with E-state index in [1.54, 1.807) is 0 Å². The molecule has 0 spiro atoms. The maximum atomic E-state index is 10.8. The minimum Gasteiger partial charge on any atom is -0.550 e. The Morgan fingerprint density at radius 2 is 1.93 bits per heavy atom. The van der Waals surface area contributed by atoms with Gasteiger partial charge in [0.1, 0.15) is 0 Å². The molecule has 4 nitrogen and oxygen atoms in total. The van der Waals surface area contributed by atoms with Gasteiger partial charge in [-0.2, -0.15) is 0 Å². The molecule has 0 rings (SSSR count). The molecule has 0 aromatic rings. The third-order valence-corrected chi connectivity index (χ3v) is 2.23. The van der Waals surface area contributed by atoms with Crippen molar-refractivity contribution < 1.29 is 14.7 Å². The highest BCUT2D eigenvalue weighted by molar-refractivity contribution is 5.74. The Kier molecular flexibility index (Phi) is 7.68. The summed E-state index contributed by atoms with van der Waals surface area (Å²) < 4.78 is 0. The van der Waals surface area contributed by atoms with Gasteiger partial charge in [0.05, 0.1) is 0 Å². The number of carboxylic acid groups (broad SMARTS) is 1. The van der Waals surface area contributed by atoms with E-state index in [9.17, 15) is 14.7 Å². The molecule has 0 aliphatic heterocycles. The standard InChI is InChI=1S/C11H21NO3/c1-3-4-5-6-7-10(8-11(14)15)12-9(2)13/h10H,3-8H2,1-2H3,(H,12,13)(H,14,15)/p-1/t10-/m1/s1. The van der Waals surface area contributed by atoms with Crippen LogP contribution in [0.5, 0.6) is 0 Å². The van der Waals surface area contributed by atoms with Crippen molar-refractivity contribution in [1.29, 1.82) is 0 Å². The van der Waals surface area contributed by atoms with Gasteiger partial charge in [-0.25, -0.2) is 0 Å². The Morgan fingerprint density at radius 1 is 1.27 bits per heavy atom. The first kappa shape index (κ1) is 13.9. The van der Waals surface area contributed by atoms with Crippen LogP contribution in [0.2, 0.25) is 0 Å². The van der Waals surface area contributed by atoms with Gasteiger partial charge in [-0.1, -0.05) is 32.6 Å². The number of carbonyl (C=O) groups excluding carboxylic acids is 2. The minimum absolute atomic E-state index is 0.0916. The third kappa shape index (κ3) is 9.25. The van der Waals surface area contributed by atoms with Gasteiger partial charge in [0, 0.05) is 25.4 Å². The predicted molar refractivity (Wildman–Crippen MR) is 56.0 cm³/mol. The van der Waals surface area contributed by atoms with Gasteiger partial charge < -0.3 is 15.2 Å². The van der Waals surface area contributed by atoms with Gasteiger partial charge in [-0.05, 0) is 6.42 Å². The molecule has 0 fully saturated rings. The smallest absolute Gasteiger partial charge is 0.217 e. The van der Waals surface area contributed by atoms with Crippen LogP contribution in [0.1, 0.15) is 52.4 Å². The van der Waals surface area contributed by atoms with Crippen molar-refractivity contribution in [3.8, 4) is 0 Å². The maximum Gasteiger partial charge on any atom is 0.217 e. The average molecular weight is 214 g/mol. The molecule has 0 bridgehead atoms. The van der Waals surface area contributed by atoms with Crippen LogP contribution >= 0.6 is 0 Å². The molecule has 0 saturated heterocycles. The normalized spacial score (nSPS) is 12.1. The summed E-state index contributed by atoms with van der Waals surface area (Å²) in [5.41, 5.74) is 0. The first-order valence-electron chi connectivity index (χ1n) is 5.53. The second-order valence-corrected chi connectivity index (χ2v) is 3.82. The highest BCUT2D eigenvalue weighted by atomic mass is 16.4. The van der Waals surface area contributed by atoms with Crippen molar-refractivity contribution in [2.75, 3.05) is 0 Å². The molecule has 0 aromatic heterocycles. The highest BCUT2D eigenvalue weighted by Crippen LogP contribution is 2.07. The Balaban J connectivity index is 3.79. The van der Waals surface area contributed by atoms with Crippen molar-refractivity contribution in [3.63, 3.8) is 0 Å². The van der Waals surface area contributed by atoms with E-state index in [0.29, 0.717) is 6.42 Å². The molecular formula is C11H20NO3-. The first-order chi connectivity index (χ1) is 7.06. The number of hydrogen-bond acceptors (Lipinski definition) is 3. The monoisotopic (exact) mass is 214 g/mol. The summed E-state index contributed by atoms with van der Waals surface area (Å²) in [5.74, 6) is -1.29. The van der Waals surface area contributed by atoms with Gasteiger partial charge in [-0.15, -0.1) is 0 Å². The van der Waals surface area contributed by atoms with Gasteiger partial charge >= 0.3 is 0 Å². The van der Waals surface area contributed by atoms with Crippen LogP contribution in [0, 0.1) is 0 Å². The summed E-state index contributed by atoms with van der Waals surface area (Å²) in [6, 6.07) is -0.274. The van der Waals surface area contributed by atoms with Crippen molar-refractivity contribution >= 4 is 11.9 Å². The fourth-order valence-corrected chi connectivity index (χ4v) is 1.53. The molecule has 1 amide bonds. The zero-order valence-corrected chi connectivity index (χ0v) is 9.54. The number of unbranched alkanes of at least 4 members (excludes halogenated alkanes) is 3. The van der Waals surface area contributed by atoms with E-state index in [1.165, 1.54) is 6.92 Å². The molecule has 0 radical (unpaired) electrons. The van der Waals surface area contributed by atoms with Crippen LogP contribution in [0.15, 0.2) is 0 Å². The van der Waals surface area contributed by atoms with E-state index >= 15 is 0 Å². The molecule has 0 unspecified atom stereocenters. The number of amides is 1. The van der Waals surface area contributed by atoms with Crippen LogP contribution in [-0.2, 0) is 9.59 Å². The second kappa shape index (κ2) is 8.26. The van der Waals surface area contributed by atoms with E-state index in [4.69, 9.17) is 0 Å². The van der Waals surface area contributed by atoms with Crippen molar-refractivity contribution in [3.05, 3.63) is 0 Å². The lowest BCUT2D eigenvalue weighted by atomic mass is 10.0. The number of hydrogen-bond donors (Lipinski definition) is 1. The van der Waals surface area contributed by atoms with Crippen molar-refractivity contribution in [2.45, 2.75) is 58.4 Å². The first-order valence-corrected chi connectivity index (χ1v) is 5.53. The third-order valence-electron chi connectivity index (χ3n) is 2.23. The van der Waals surface area contributed by atoms with Gasteiger partial charge in [-0.3, -0.25) is 4.79 Å². The summed E-state index contributed by atoms with van der Waals surface area (Å²) >= 11 is 0. The van der Waals surface area contributed by atoms with Gasteiger partial charge in [0.15, 0.2) is 0 Å². The van der Waals surface area contributed by atoms with E-state index in [1.807, 2.05) is 0 Å². The number of carboxylic acids is 1. The Morgan fingerprint density at radius 3 is 2.40 bits per heavy atom. The Bertz CT molecular complexity index is 188. The van der Waals surface area contributed by atoms with Crippen molar-refractivity contribution in [2.24, 2.45) is 0 Å². The topological polar surface area (TPSA) is 69.2 Å². The fourth-order valence-electron chi connectivity index (χ4n) is 1.53. The van der Waals surface area contributed by atoms with Crippen LogP contribution in [-0.4, -0.2) is 17.9 Å².